The molecule has 25 heavy (non-hydrogen) atoms. The van der Waals surface area contributed by atoms with E-state index >= 15 is 0 Å². The molecule has 0 aromatic carbocycles. The third-order valence-electron chi connectivity index (χ3n) is 2.79. The molecule has 0 radical (unpaired) electrons. The van der Waals surface area contributed by atoms with Crippen LogP contribution in [0, 0.1) is 0 Å². The molecule has 0 aromatic heterocycles. The second kappa shape index (κ2) is 5.86. The summed E-state index contributed by atoms with van der Waals surface area (Å²) >= 11 is 0. The van der Waals surface area contributed by atoms with E-state index in [0.717, 1.165) is 0 Å². The third-order valence-corrected chi connectivity index (χ3v) is 2.79. The summed E-state index contributed by atoms with van der Waals surface area (Å²) in [6.07, 6.45) is -10.3. The summed E-state index contributed by atoms with van der Waals surface area (Å²) in [5, 5.41) is 0. The molecule has 0 aromatic rings. The van der Waals surface area contributed by atoms with Gasteiger partial charge in [0.05, 0.1) is 0 Å². The zero-order valence-electron chi connectivity index (χ0n) is 11.2. The fourth-order valence-corrected chi connectivity index (χ4v) is 1.31. The molecule has 0 aliphatic heterocycles. The third kappa shape index (κ3) is 3.02. The summed E-state index contributed by atoms with van der Waals surface area (Å²) in [7, 11) is 0. The molecule has 0 bridgehead atoms. The van der Waals surface area contributed by atoms with Gasteiger partial charge in [0.2, 0.25) is 0 Å². The van der Waals surface area contributed by atoms with Crippen molar-refractivity contribution in [3.63, 3.8) is 0 Å². The highest BCUT2D eigenvalue weighted by Gasteiger charge is 2.93. The number of halogens is 15. The largest absolute Gasteiger partial charge is 0.460 e. The molecule has 0 atom stereocenters. The molecule has 0 fully saturated rings. The predicted octanol–water partition coefficient (Wildman–Crippen LogP) is 5.94. The molecule has 0 saturated heterocycles. The SMILES string of the molecule is C=CCC(F)(F)C(F)(F)C(F)(F)C(F)(F)C(F)(F)C(F)(F)C(F)(F)F. The summed E-state index contributed by atoms with van der Waals surface area (Å²) in [6, 6.07) is 0. The van der Waals surface area contributed by atoms with Gasteiger partial charge in [-0.25, -0.2) is 0 Å². The lowest BCUT2D eigenvalue weighted by Crippen LogP contribution is -2.72. The zero-order chi connectivity index (χ0) is 20.9. The van der Waals surface area contributed by atoms with E-state index in [9.17, 15) is 65.9 Å². The molecule has 0 unspecified atom stereocenters. The van der Waals surface area contributed by atoms with Crippen LogP contribution < -0.4 is 0 Å². The minimum atomic E-state index is -8.23. The first-order chi connectivity index (χ1) is 10.6. The maximum absolute atomic E-state index is 13.0. The van der Waals surface area contributed by atoms with Gasteiger partial charge in [-0.1, -0.05) is 6.08 Å². The first-order valence-corrected chi connectivity index (χ1v) is 5.50. The molecule has 15 heteroatoms. The van der Waals surface area contributed by atoms with E-state index in [-0.39, 0.29) is 6.08 Å². The van der Waals surface area contributed by atoms with Crippen LogP contribution in [0.5, 0.6) is 0 Å². The van der Waals surface area contributed by atoms with Crippen LogP contribution in [0.2, 0.25) is 0 Å². The number of alkyl halides is 15. The molecule has 150 valence electrons. The van der Waals surface area contributed by atoms with E-state index in [4.69, 9.17) is 0 Å². The van der Waals surface area contributed by atoms with Crippen molar-refractivity contribution in [2.24, 2.45) is 0 Å². The lowest BCUT2D eigenvalue weighted by molar-refractivity contribution is -0.452. The van der Waals surface area contributed by atoms with E-state index in [0.29, 0.717) is 0 Å². The highest BCUT2D eigenvalue weighted by Crippen LogP contribution is 2.62. The molecule has 0 nitrogen and oxygen atoms in total. The van der Waals surface area contributed by atoms with Gasteiger partial charge in [-0.2, -0.15) is 65.9 Å². The Labute approximate surface area is 128 Å². The Bertz CT molecular complexity index is 497. The first kappa shape index (κ1) is 23.7. The van der Waals surface area contributed by atoms with Gasteiger partial charge in [-0.3, -0.25) is 0 Å². The van der Waals surface area contributed by atoms with Gasteiger partial charge >= 0.3 is 41.7 Å². The molecular formula is C10H5F15. The molecule has 0 amide bonds. The van der Waals surface area contributed by atoms with E-state index in [1.165, 1.54) is 0 Å². The van der Waals surface area contributed by atoms with Crippen molar-refractivity contribution in [1.29, 1.82) is 0 Å². The highest BCUT2D eigenvalue weighted by molar-refractivity contribution is 5.13. The molecule has 0 N–H and O–H groups in total. The van der Waals surface area contributed by atoms with Gasteiger partial charge in [0.25, 0.3) is 0 Å². The zero-order valence-corrected chi connectivity index (χ0v) is 11.2. The Morgan fingerprint density at radius 1 is 0.480 bits per heavy atom. The minimum absolute atomic E-state index is 0.232. The van der Waals surface area contributed by atoms with Crippen molar-refractivity contribution in [2.45, 2.75) is 48.1 Å². The number of allylic oxidation sites excluding steroid dienone is 1. The first-order valence-electron chi connectivity index (χ1n) is 5.50. The maximum Gasteiger partial charge on any atom is 0.460 e. The van der Waals surface area contributed by atoms with Gasteiger partial charge < -0.3 is 0 Å². The number of hydrogen-bond donors (Lipinski definition) is 0. The minimum Gasteiger partial charge on any atom is -0.199 e. The van der Waals surface area contributed by atoms with Crippen LogP contribution in [0.1, 0.15) is 6.42 Å². The molecule has 0 spiro atoms. The van der Waals surface area contributed by atoms with Crippen LogP contribution in [-0.4, -0.2) is 41.7 Å². The van der Waals surface area contributed by atoms with Crippen molar-refractivity contribution < 1.29 is 65.9 Å². The summed E-state index contributed by atoms with van der Waals surface area (Å²) in [5.74, 6) is -46.1. The maximum atomic E-state index is 13.0. The van der Waals surface area contributed by atoms with E-state index in [2.05, 4.69) is 6.58 Å². The highest BCUT2D eigenvalue weighted by atomic mass is 19.4. The number of hydrogen-bond acceptors (Lipinski definition) is 0. The quantitative estimate of drug-likeness (QED) is 0.360. The Morgan fingerprint density at radius 3 is 1.04 bits per heavy atom. The molecular weight excluding hydrogens is 405 g/mol. The lowest BCUT2D eigenvalue weighted by atomic mass is 9.90. The average Bonchev–Trinajstić information content (AvgIpc) is 2.35. The van der Waals surface area contributed by atoms with Crippen molar-refractivity contribution in [2.75, 3.05) is 0 Å². The fourth-order valence-electron chi connectivity index (χ4n) is 1.31. The number of rotatable bonds is 7. The summed E-state index contributed by atoms with van der Waals surface area (Å²) in [5.41, 5.74) is 0. The fraction of sp³-hybridized carbons (Fsp3) is 0.800. The molecule has 0 aliphatic rings. The summed E-state index contributed by atoms with van der Waals surface area (Å²) in [4.78, 5) is 0. The Balaban J connectivity index is 6.44. The van der Waals surface area contributed by atoms with Gasteiger partial charge in [0, 0.05) is 6.42 Å². The van der Waals surface area contributed by atoms with Crippen molar-refractivity contribution >= 4 is 0 Å². The van der Waals surface area contributed by atoms with Gasteiger partial charge in [-0.05, 0) is 0 Å². The molecule has 0 heterocycles. The monoisotopic (exact) mass is 410 g/mol. The predicted molar refractivity (Wildman–Crippen MR) is 50.6 cm³/mol. The Kier molecular flexibility index (Phi) is 5.55. The van der Waals surface area contributed by atoms with Gasteiger partial charge in [0.15, 0.2) is 0 Å². The van der Waals surface area contributed by atoms with Crippen molar-refractivity contribution in [3.05, 3.63) is 12.7 Å². The lowest BCUT2D eigenvalue weighted by Gasteiger charge is -2.41. The van der Waals surface area contributed by atoms with Gasteiger partial charge in [-0.15, -0.1) is 6.58 Å². The Morgan fingerprint density at radius 2 is 0.760 bits per heavy atom. The van der Waals surface area contributed by atoms with Crippen LogP contribution >= 0.6 is 0 Å². The van der Waals surface area contributed by atoms with Crippen LogP contribution in [0.3, 0.4) is 0 Å². The Hall–Kier alpha value is -1.31. The topological polar surface area (TPSA) is 0 Å². The van der Waals surface area contributed by atoms with E-state index in [1.807, 2.05) is 0 Å². The van der Waals surface area contributed by atoms with Crippen molar-refractivity contribution in [1.82, 2.24) is 0 Å². The van der Waals surface area contributed by atoms with Crippen LogP contribution in [0.25, 0.3) is 0 Å². The van der Waals surface area contributed by atoms with E-state index in [1.54, 1.807) is 0 Å². The molecule has 0 aliphatic carbocycles. The van der Waals surface area contributed by atoms with Gasteiger partial charge in [0.1, 0.15) is 0 Å². The summed E-state index contributed by atoms with van der Waals surface area (Å²) < 4.78 is 189. The second-order valence-corrected chi connectivity index (χ2v) is 4.57. The smallest absolute Gasteiger partial charge is 0.199 e. The molecule has 0 saturated carbocycles. The van der Waals surface area contributed by atoms with Crippen molar-refractivity contribution in [3.8, 4) is 0 Å². The normalized spacial score (nSPS) is 16.1. The molecule has 0 rings (SSSR count). The standard InChI is InChI=1S/C10H5F15/c1-2-3-4(11,12)5(13,14)6(15,16)7(17,18)8(19,20)9(21,22)10(23,24)25/h2H,1,3H2. The summed E-state index contributed by atoms with van der Waals surface area (Å²) in [6.45, 7) is 2.36. The second-order valence-electron chi connectivity index (χ2n) is 4.57. The van der Waals surface area contributed by atoms with Crippen LogP contribution in [-0.2, 0) is 0 Å². The van der Waals surface area contributed by atoms with E-state index < -0.39 is 48.1 Å². The van der Waals surface area contributed by atoms with Crippen LogP contribution in [0.4, 0.5) is 65.9 Å². The van der Waals surface area contributed by atoms with Crippen LogP contribution in [0.15, 0.2) is 12.7 Å². The average molecular weight is 410 g/mol.